The number of hydrogen-bond donors (Lipinski definition) is 1. The van der Waals surface area contributed by atoms with E-state index in [1.807, 2.05) is 0 Å². The van der Waals surface area contributed by atoms with Gasteiger partial charge in [0.1, 0.15) is 4.90 Å². The number of aryl methyl sites for hydroxylation is 1. The zero-order chi connectivity index (χ0) is 13.2. The van der Waals surface area contributed by atoms with Crippen molar-refractivity contribution in [1.82, 2.24) is 4.57 Å². The van der Waals surface area contributed by atoms with Crippen LogP contribution in [-0.4, -0.2) is 31.3 Å². The van der Waals surface area contributed by atoms with E-state index in [2.05, 4.69) is 4.74 Å². The maximum absolute atomic E-state index is 11.6. The highest BCUT2D eigenvalue weighted by atomic mass is 32.2. The summed E-state index contributed by atoms with van der Waals surface area (Å²) < 4.78 is 27.8. The molecule has 1 aromatic rings. The molecule has 0 saturated carbocycles. The molecule has 0 fully saturated rings. The van der Waals surface area contributed by atoms with E-state index in [-0.39, 0.29) is 17.2 Å². The lowest BCUT2D eigenvalue weighted by Crippen LogP contribution is -2.19. The second-order valence-corrected chi connectivity index (χ2v) is 4.83. The van der Waals surface area contributed by atoms with E-state index in [0.717, 1.165) is 12.3 Å². The molecular formula is C9H12N2O5S. The van der Waals surface area contributed by atoms with Crippen molar-refractivity contribution in [2.24, 2.45) is 12.2 Å². The van der Waals surface area contributed by atoms with Crippen LogP contribution in [0.15, 0.2) is 17.2 Å². The van der Waals surface area contributed by atoms with Crippen molar-refractivity contribution in [3.63, 3.8) is 0 Å². The highest BCUT2D eigenvalue weighted by molar-refractivity contribution is 7.89. The monoisotopic (exact) mass is 260 g/mol. The Hall–Kier alpha value is -1.67. The van der Waals surface area contributed by atoms with Crippen molar-refractivity contribution < 1.29 is 22.7 Å². The van der Waals surface area contributed by atoms with Crippen molar-refractivity contribution in [2.45, 2.75) is 11.8 Å². The molecule has 0 radical (unpaired) electrons. The minimum Gasteiger partial charge on any atom is -0.460 e. The molecule has 0 aliphatic rings. The minimum absolute atomic E-state index is 0.0665. The number of nitrogens with two attached hydrogens (primary N) is 1. The number of Topliss-reactive ketones (excluding diaryl/α,β-unsaturated/α-hetero) is 1. The standard InChI is InChI=1S/C9H12N2O5S/c1-3-16-9(13)8(12)7-4-6(5-11(7)2)17(10,14)15/h4-5H,3H2,1-2H3,(H2,10,14,15). The van der Waals surface area contributed by atoms with Crippen LogP contribution in [0.2, 0.25) is 0 Å². The molecule has 0 bridgehead atoms. The summed E-state index contributed by atoms with van der Waals surface area (Å²) in [6.45, 7) is 1.63. The summed E-state index contributed by atoms with van der Waals surface area (Å²) in [4.78, 5) is 22.5. The van der Waals surface area contributed by atoms with Crippen LogP contribution in [0, 0.1) is 0 Å². The molecule has 0 unspecified atom stereocenters. The summed E-state index contributed by atoms with van der Waals surface area (Å²) in [7, 11) is -2.47. The van der Waals surface area contributed by atoms with Crippen molar-refractivity contribution in [2.75, 3.05) is 6.61 Å². The molecular weight excluding hydrogens is 248 g/mol. The zero-order valence-electron chi connectivity index (χ0n) is 9.34. The van der Waals surface area contributed by atoms with Crippen LogP contribution in [0.4, 0.5) is 0 Å². The number of aromatic nitrogens is 1. The van der Waals surface area contributed by atoms with E-state index < -0.39 is 21.8 Å². The number of carbonyl (C=O) groups excluding carboxylic acids is 2. The number of sulfonamides is 1. The number of primary sulfonamides is 1. The topological polar surface area (TPSA) is 108 Å². The number of rotatable bonds is 4. The van der Waals surface area contributed by atoms with Crippen LogP contribution in [0.1, 0.15) is 17.4 Å². The fraction of sp³-hybridized carbons (Fsp3) is 0.333. The van der Waals surface area contributed by atoms with E-state index in [1.165, 1.54) is 11.6 Å². The summed E-state index contributed by atoms with van der Waals surface area (Å²) in [6, 6.07) is 1.04. The van der Waals surface area contributed by atoms with Gasteiger partial charge in [0, 0.05) is 13.2 Å². The lowest BCUT2D eigenvalue weighted by atomic mass is 10.3. The smallest absolute Gasteiger partial charge is 0.381 e. The van der Waals surface area contributed by atoms with Gasteiger partial charge in [0.05, 0.1) is 12.3 Å². The average Bonchev–Trinajstić information content (AvgIpc) is 2.59. The van der Waals surface area contributed by atoms with Crippen molar-refractivity contribution in [1.29, 1.82) is 0 Å². The van der Waals surface area contributed by atoms with Gasteiger partial charge in [-0.15, -0.1) is 0 Å². The second kappa shape index (κ2) is 4.68. The molecule has 0 aromatic carbocycles. The normalized spacial score (nSPS) is 11.2. The third-order valence-corrected chi connectivity index (χ3v) is 2.88. The maximum Gasteiger partial charge on any atom is 0.381 e. The van der Waals surface area contributed by atoms with Gasteiger partial charge in [0.25, 0.3) is 5.78 Å². The lowest BCUT2D eigenvalue weighted by molar-refractivity contribution is -0.137. The van der Waals surface area contributed by atoms with E-state index >= 15 is 0 Å². The van der Waals surface area contributed by atoms with Gasteiger partial charge in [0.2, 0.25) is 10.0 Å². The van der Waals surface area contributed by atoms with Crippen molar-refractivity contribution in [3.8, 4) is 0 Å². The van der Waals surface area contributed by atoms with Crippen LogP contribution in [-0.2, 0) is 26.6 Å². The van der Waals surface area contributed by atoms with Gasteiger partial charge < -0.3 is 9.30 Å². The molecule has 1 aromatic heterocycles. The van der Waals surface area contributed by atoms with E-state index in [9.17, 15) is 18.0 Å². The largest absolute Gasteiger partial charge is 0.460 e. The summed E-state index contributed by atoms with van der Waals surface area (Å²) in [5.74, 6) is -1.95. The third-order valence-electron chi connectivity index (χ3n) is 2.00. The molecule has 2 N–H and O–H groups in total. The summed E-state index contributed by atoms with van der Waals surface area (Å²) in [6.07, 6.45) is 1.15. The maximum atomic E-state index is 11.6. The average molecular weight is 260 g/mol. The zero-order valence-corrected chi connectivity index (χ0v) is 10.2. The first kappa shape index (κ1) is 13.4. The molecule has 0 spiro atoms. The van der Waals surface area contributed by atoms with E-state index in [1.54, 1.807) is 6.92 Å². The minimum atomic E-state index is -3.90. The highest BCUT2D eigenvalue weighted by Crippen LogP contribution is 2.12. The summed E-state index contributed by atoms with van der Waals surface area (Å²) >= 11 is 0. The second-order valence-electron chi connectivity index (χ2n) is 3.27. The number of carbonyl (C=O) groups is 2. The van der Waals surface area contributed by atoms with Crippen molar-refractivity contribution in [3.05, 3.63) is 18.0 Å². The number of nitrogens with zero attached hydrogens (tertiary/aromatic N) is 1. The Labute approximate surface area is 98.2 Å². The predicted octanol–water partition coefficient (Wildman–Crippen LogP) is -0.582. The first-order chi connectivity index (χ1) is 7.77. The van der Waals surface area contributed by atoms with Crippen LogP contribution in [0.3, 0.4) is 0 Å². The number of esters is 1. The van der Waals surface area contributed by atoms with Gasteiger partial charge in [0.15, 0.2) is 0 Å². The van der Waals surface area contributed by atoms with Gasteiger partial charge in [-0.1, -0.05) is 0 Å². The van der Waals surface area contributed by atoms with Gasteiger partial charge in [-0.05, 0) is 13.0 Å². The molecule has 0 saturated heterocycles. The van der Waals surface area contributed by atoms with Gasteiger partial charge >= 0.3 is 5.97 Å². The highest BCUT2D eigenvalue weighted by Gasteiger charge is 2.23. The Balaban J connectivity index is 3.12. The first-order valence-electron chi connectivity index (χ1n) is 4.68. The Kier molecular flexibility index (Phi) is 3.69. The van der Waals surface area contributed by atoms with E-state index in [0.29, 0.717) is 0 Å². The van der Waals surface area contributed by atoms with Crippen LogP contribution in [0.5, 0.6) is 0 Å². The third kappa shape index (κ3) is 2.92. The fourth-order valence-electron chi connectivity index (χ4n) is 1.22. The number of ether oxygens (including phenoxy) is 1. The molecule has 0 aliphatic heterocycles. The molecule has 1 heterocycles. The molecule has 0 aliphatic carbocycles. The molecule has 0 atom stereocenters. The van der Waals surface area contributed by atoms with Gasteiger partial charge in [-0.25, -0.2) is 18.4 Å². The predicted molar refractivity (Wildman–Crippen MR) is 57.7 cm³/mol. The summed E-state index contributed by atoms with van der Waals surface area (Å²) in [5.41, 5.74) is -0.0903. The Morgan fingerprint density at radius 1 is 1.47 bits per heavy atom. The van der Waals surface area contributed by atoms with Crippen molar-refractivity contribution >= 4 is 21.8 Å². The van der Waals surface area contributed by atoms with Crippen LogP contribution < -0.4 is 5.14 Å². The summed E-state index contributed by atoms with van der Waals surface area (Å²) in [5, 5.41) is 4.91. The molecule has 94 valence electrons. The SMILES string of the molecule is CCOC(=O)C(=O)c1cc(S(N)(=O)=O)cn1C. The molecule has 8 heteroatoms. The van der Waals surface area contributed by atoms with E-state index in [4.69, 9.17) is 5.14 Å². The number of ketones is 1. The van der Waals surface area contributed by atoms with Gasteiger partial charge in [-0.3, -0.25) is 4.79 Å². The Morgan fingerprint density at radius 3 is 2.47 bits per heavy atom. The van der Waals surface area contributed by atoms with Crippen LogP contribution >= 0.6 is 0 Å². The molecule has 1 rings (SSSR count). The molecule has 17 heavy (non-hydrogen) atoms. The fourth-order valence-corrected chi connectivity index (χ4v) is 1.80. The number of hydrogen-bond acceptors (Lipinski definition) is 5. The van der Waals surface area contributed by atoms with Crippen LogP contribution in [0.25, 0.3) is 0 Å². The first-order valence-corrected chi connectivity index (χ1v) is 6.22. The molecule has 7 nitrogen and oxygen atoms in total. The lowest BCUT2D eigenvalue weighted by Gasteiger charge is -2.01. The quantitative estimate of drug-likeness (QED) is 0.442. The Morgan fingerprint density at radius 2 is 2.06 bits per heavy atom. The van der Waals surface area contributed by atoms with Gasteiger partial charge in [-0.2, -0.15) is 0 Å². The Bertz CT molecular complexity index is 558. The molecule has 0 amide bonds.